The Hall–Kier alpha value is -5.62. The Bertz CT molecular complexity index is 1770. The molecule has 0 aromatic heterocycles. The first kappa shape index (κ1) is 50.5. The van der Waals surface area contributed by atoms with Crippen molar-refractivity contribution in [2.45, 2.75) is 130 Å². The van der Waals surface area contributed by atoms with Crippen molar-refractivity contribution in [2.75, 3.05) is 6.61 Å². The molecule has 1 N–H and O–H groups in total. The highest BCUT2D eigenvalue weighted by Crippen LogP contribution is 2.41. The Morgan fingerprint density at radius 2 is 0.717 bits per heavy atom. The maximum absolute atomic E-state index is 13.2. The maximum Gasteiger partial charge on any atom is 0.347 e. The highest BCUT2D eigenvalue weighted by atomic mass is 28.4. The van der Waals surface area contributed by atoms with Gasteiger partial charge in [0.2, 0.25) is 0 Å². The van der Waals surface area contributed by atoms with Crippen LogP contribution in [0.4, 0.5) is 0 Å². The number of rotatable bonds is 21. The summed E-state index contributed by atoms with van der Waals surface area (Å²) in [6.45, 7) is 15.3. The van der Waals surface area contributed by atoms with Crippen molar-refractivity contribution >= 4 is 66.4 Å². The minimum Gasteiger partial charge on any atom is -0.463 e. The molecule has 0 aliphatic carbocycles. The number of ether oxygens (including phenoxy) is 8. The van der Waals surface area contributed by atoms with Crippen molar-refractivity contribution in [1.29, 1.82) is 0 Å². The van der Waals surface area contributed by atoms with Gasteiger partial charge in [0.05, 0.1) is 12.5 Å². The zero-order valence-electron chi connectivity index (χ0n) is 35.8. The molecular weight excluding hydrogens is 805 g/mol. The standard InChI is InChI=1S/C42H56O17Si/c1-12-52-35(44)25(3)54-37(46)27(5)56-39(48)29(7)58-41(50)31(9)59-40(49)30(8)57-38(47)28(6)55-36(45)26(4)53-34(43)24(2)23-42(10,11)60(51,32-19-15-13-16-20-32)33-21-17-14-18-22-33/h13-22,24-31,51H,12,23H2,1-11H3/t24-,25+,26+,27+,28+,29+,30+,31+/m1/s1. The molecule has 0 aliphatic heterocycles. The number of hydrogen-bond acceptors (Lipinski definition) is 17. The van der Waals surface area contributed by atoms with Crippen molar-refractivity contribution < 1.29 is 81.0 Å². The van der Waals surface area contributed by atoms with Crippen LogP contribution in [0.1, 0.15) is 82.6 Å². The quantitative estimate of drug-likeness (QED) is 0.108. The van der Waals surface area contributed by atoms with Gasteiger partial charge in [-0.05, 0) is 77.2 Å². The van der Waals surface area contributed by atoms with E-state index in [2.05, 4.69) is 0 Å². The molecule has 0 unspecified atom stereocenters. The van der Waals surface area contributed by atoms with Gasteiger partial charge >= 0.3 is 47.8 Å². The Morgan fingerprint density at radius 3 is 0.983 bits per heavy atom. The van der Waals surface area contributed by atoms with Gasteiger partial charge in [0.25, 0.3) is 8.32 Å². The molecule has 0 amide bonds. The normalized spacial score (nSPS) is 15.5. The van der Waals surface area contributed by atoms with Gasteiger partial charge in [-0.25, -0.2) is 33.6 Å². The first-order valence-corrected chi connectivity index (χ1v) is 21.3. The van der Waals surface area contributed by atoms with Crippen molar-refractivity contribution in [1.82, 2.24) is 0 Å². The molecule has 60 heavy (non-hydrogen) atoms. The molecule has 2 aromatic carbocycles. The molecule has 0 saturated carbocycles. The van der Waals surface area contributed by atoms with Gasteiger partial charge in [0.1, 0.15) is 0 Å². The van der Waals surface area contributed by atoms with E-state index in [4.69, 9.17) is 37.9 Å². The largest absolute Gasteiger partial charge is 0.463 e. The van der Waals surface area contributed by atoms with Crippen LogP contribution < -0.4 is 10.4 Å². The summed E-state index contributed by atoms with van der Waals surface area (Å²) in [6.07, 6.45) is -10.3. The number of carbonyl (C=O) groups is 8. The number of esters is 8. The van der Waals surface area contributed by atoms with Gasteiger partial charge in [-0.2, -0.15) is 0 Å². The molecule has 2 aromatic rings. The molecule has 0 fully saturated rings. The minimum atomic E-state index is -3.44. The molecule has 18 heteroatoms. The van der Waals surface area contributed by atoms with Crippen molar-refractivity contribution in [3.8, 4) is 0 Å². The van der Waals surface area contributed by atoms with Crippen molar-refractivity contribution in [3.05, 3.63) is 60.7 Å². The van der Waals surface area contributed by atoms with E-state index in [-0.39, 0.29) is 13.0 Å². The second kappa shape index (κ2) is 22.7. The Morgan fingerprint density at radius 1 is 0.467 bits per heavy atom. The summed E-state index contributed by atoms with van der Waals surface area (Å²) < 4.78 is 40.1. The van der Waals surface area contributed by atoms with E-state index >= 15 is 0 Å². The lowest BCUT2D eigenvalue weighted by molar-refractivity contribution is -0.188. The molecule has 0 spiro atoms. The molecule has 0 bridgehead atoms. The molecule has 2 rings (SSSR count). The smallest absolute Gasteiger partial charge is 0.347 e. The van der Waals surface area contributed by atoms with Gasteiger partial charge in [0, 0.05) is 0 Å². The van der Waals surface area contributed by atoms with Crippen molar-refractivity contribution in [2.24, 2.45) is 5.92 Å². The first-order valence-electron chi connectivity index (χ1n) is 19.4. The number of hydrogen-bond donors (Lipinski definition) is 1. The second-order valence-corrected chi connectivity index (χ2v) is 18.7. The molecule has 0 heterocycles. The zero-order chi connectivity index (χ0) is 45.5. The Labute approximate surface area is 350 Å². The van der Waals surface area contributed by atoms with E-state index in [9.17, 15) is 43.2 Å². The first-order chi connectivity index (χ1) is 28.0. The van der Waals surface area contributed by atoms with Gasteiger partial charge in [0.15, 0.2) is 42.7 Å². The van der Waals surface area contributed by atoms with Crippen LogP contribution >= 0.6 is 0 Å². The van der Waals surface area contributed by atoms with Crippen LogP contribution in [0.15, 0.2) is 60.7 Å². The highest BCUT2D eigenvalue weighted by Gasteiger charge is 2.51. The van der Waals surface area contributed by atoms with Gasteiger partial charge in [-0.15, -0.1) is 0 Å². The summed E-state index contributed by atoms with van der Waals surface area (Å²) in [7, 11) is -3.44. The maximum atomic E-state index is 13.2. The molecule has 0 radical (unpaired) electrons. The number of benzene rings is 2. The second-order valence-electron chi connectivity index (χ2n) is 14.7. The van der Waals surface area contributed by atoms with Crippen LogP contribution in [-0.2, 0) is 76.3 Å². The van der Waals surface area contributed by atoms with Crippen LogP contribution in [0.3, 0.4) is 0 Å². The average Bonchev–Trinajstić information content (AvgIpc) is 3.20. The minimum absolute atomic E-state index is 0.0607. The SMILES string of the molecule is CCOC(=O)[C@H](C)OC(=O)[C@H](C)OC(=O)[C@H](C)OC(=O)[C@H](C)OC(=O)[C@H](C)OC(=O)[C@H](C)OC(=O)[C@H](C)OC(=O)[C@H](C)CC(C)(C)[Si](O)(c1ccccc1)c1ccccc1. The lowest BCUT2D eigenvalue weighted by Crippen LogP contribution is -2.65. The fourth-order valence-electron chi connectivity index (χ4n) is 5.81. The van der Waals surface area contributed by atoms with E-state index in [0.29, 0.717) is 0 Å². The zero-order valence-corrected chi connectivity index (χ0v) is 36.8. The predicted octanol–water partition coefficient (Wildman–Crippen LogP) is 2.63. The topological polar surface area (TPSA) is 231 Å². The van der Waals surface area contributed by atoms with E-state index in [1.807, 2.05) is 74.5 Å². The van der Waals surface area contributed by atoms with Gasteiger partial charge in [-0.3, -0.25) is 4.79 Å². The lowest BCUT2D eigenvalue weighted by Gasteiger charge is -2.42. The van der Waals surface area contributed by atoms with Crippen LogP contribution in [0, 0.1) is 5.92 Å². The number of carbonyl (C=O) groups excluding carboxylic acids is 8. The predicted molar refractivity (Wildman–Crippen MR) is 213 cm³/mol. The van der Waals surface area contributed by atoms with E-state index < -0.39 is 110 Å². The molecule has 0 aliphatic rings. The molecule has 8 atom stereocenters. The summed E-state index contributed by atoms with van der Waals surface area (Å²) in [5.41, 5.74) is 0. The summed E-state index contributed by atoms with van der Waals surface area (Å²) in [6, 6.07) is 18.6. The molecular formula is C42H56O17Si. The molecule has 330 valence electrons. The Kier molecular flexibility index (Phi) is 19.1. The third-order valence-corrected chi connectivity index (χ3v) is 13.7. The van der Waals surface area contributed by atoms with E-state index in [0.717, 1.165) is 31.1 Å². The van der Waals surface area contributed by atoms with E-state index in [1.54, 1.807) is 13.8 Å². The highest BCUT2D eigenvalue weighted by molar-refractivity contribution is 6.98. The summed E-state index contributed by atoms with van der Waals surface area (Å²) >= 11 is 0. The summed E-state index contributed by atoms with van der Waals surface area (Å²) in [5.74, 6) is -9.12. The third-order valence-electron chi connectivity index (χ3n) is 9.24. The van der Waals surface area contributed by atoms with Crippen LogP contribution in [0.2, 0.25) is 5.04 Å². The fourth-order valence-corrected chi connectivity index (χ4v) is 9.66. The summed E-state index contributed by atoms with van der Waals surface area (Å²) in [5, 5.41) is 0.745. The average molecular weight is 861 g/mol. The van der Waals surface area contributed by atoms with Gasteiger partial charge < -0.3 is 42.7 Å². The van der Waals surface area contributed by atoms with Crippen LogP contribution in [-0.4, -0.2) is 110 Å². The fraction of sp³-hybridized carbons (Fsp3) is 0.524. The van der Waals surface area contributed by atoms with E-state index in [1.165, 1.54) is 27.7 Å². The lowest BCUT2D eigenvalue weighted by atomic mass is 9.98. The van der Waals surface area contributed by atoms with Crippen LogP contribution in [0.5, 0.6) is 0 Å². The third kappa shape index (κ3) is 14.0. The van der Waals surface area contributed by atoms with Crippen LogP contribution in [0.25, 0.3) is 0 Å². The van der Waals surface area contributed by atoms with Crippen molar-refractivity contribution in [3.63, 3.8) is 0 Å². The molecule has 0 saturated heterocycles. The monoisotopic (exact) mass is 860 g/mol. The van der Waals surface area contributed by atoms with Gasteiger partial charge in [-0.1, -0.05) is 81.4 Å². The molecule has 17 nitrogen and oxygen atoms in total. The Balaban J connectivity index is 1.88. The summed E-state index contributed by atoms with van der Waals surface area (Å²) in [4.78, 5) is 113.